The van der Waals surface area contributed by atoms with Gasteiger partial charge in [0.05, 0.1) is 0 Å². The van der Waals surface area contributed by atoms with Crippen LogP contribution in [-0.2, 0) is 11.8 Å². The second-order valence-electron chi connectivity index (χ2n) is 7.31. The van der Waals surface area contributed by atoms with Crippen molar-refractivity contribution in [3.63, 3.8) is 0 Å². The lowest BCUT2D eigenvalue weighted by atomic mass is 9.48. The van der Waals surface area contributed by atoms with Crippen LogP contribution in [0.2, 0.25) is 0 Å². The molecule has 0 saturated heterocycles. The van der Waals surface area contributed by atoms with Crippen molar-refractivity contribution in [2.75, 3.05) is 0 Å². The first-order chi connectivity index (χ1) is 10.1. The molecule has 1 unspecified atom stereocenters. The van der Waals surface area contributed by atoms with E-state index in [1.165, 1.54) is 17.5 Å². The van der Waals surface area contributed by atoms with Crippen molar-refractivity contribution in [1.29, 1.82) is 0 Å². The monoisotopic (exact) mass is 284 g/mol. The zero-order valence-corrected chi connectivity index (χ0v) is 12.1. The maximum Gasteiger partial charge on any atom is 0.165 e. The highest BCUT2D eigenvalue weighted by molar-refractivity contribution is 5.61. The van der Waals surface area contributed by atoms with Crippen LogP contribution in [0.25, 0.3) is 0 Å². The number of phenols is 1. The molecule has 110 valence electrons. The molecular weight excluding hydrogens is 264 g/mol. The molecule has 0 amide bonds. The predicted octanol–water partition coefficient (Wildman–Crippen LogP) is 2.54. The second-order valence-corrected chi connectivity index (χ2v) is 7.31. The molecule has 1 aromatic carbocycles. The van der Waals surface area contributed by atoms with Crippen molar-refractivity contribution >= 4 is 0 Å². The molecule has 2 bridgehead atoms. The average molecular weight is 284 g/mol. The standard InChI is InChI=1S/C18H20O3/c1-9-6-7-18-12-3-5-14(20)17(18)21-16-13(19)4-2-10(15(16)18)8-11(9)12/h2-5,9,11-12,14,17,19-20H,6-8H2,1H3/t9?,11-,12-,14-,17-,18-/m0/s1. The van der Waals surface area contributed by atoms with Crippen molar-refractivity contribution in [3.05, 3.63) is 35.4 Å². The van der Waals surface area contributed by atoms with Gasteiger partial charge in [-0.05, 0) is 48.6 Å². The lowest BCUT2D eigenvalue weighted by molar-refractivity contribution is -0.0401. The number of allylic oxidation sites excluding steroid dienone is 1. The van der Waals surface area contributed by atoms with Gasteiger partial charge in [0.2, 0.25) is 0 Å². The Morgan fingerprint density at radius 1 is 1.29 bits per heavy atom. The van der Waals surface area contributed by atoms with Crippen LogP contribution in [0.1, 0.15) is 30.9 Å². The van der Waals surface area contributed by atoms with Gasteiger partial charge >= 0.3 is 0 Å². The molecular formula is C18H20O3. The number of hydrogen-bond donors (Lipinski definition) is 2. The van der Waals surface area contributed by atoms with Crippen molar-refractivity contribution in [1.82, 2.24) is 0 Å². The maximum atomic E-state index is 10.5. The molecule has 0 aromatic heterocycles. The summed E-state index contributed by atoms with van der Waals surface area (Å²) in [6.45, 7) is 2.35. The van der Waals surface area contributed by atoms with Crippen LogP contribution in [0.15, 0.2) is 24.3 Å². The van der Waals surface area contributed by atoms with Crippen molar-refractivity contribution in [3.8, 4) is 11.5 Å². The zero-order valence-electron chi connectivity index (χ0n) is 12.1. The summed E-state index contributed by atoms with van der Waals surface area (Å²) in [7, 11) is 0. The Hall–Kier alpha value is -1.48. The third kappa shape index (κ3) is 1.21. The van der Waals surface area contributed by atoms with Gasteiger partial charge in [-0.2, -0.15) is 0 Å². The molecule has 1 aliphatic heterocycles. The first-order valence-corrected chi connectivity index (χ1v) is 8.01. The number of phenolic OH excluding ortho intramolecular Hbond substituents is 1. The fourth-order valence-electron chi connectivity index (χ4n) is 5.60. The van der Waals surface area contributed by atoms with Crippen LogP contribution in [0.5, 0.6) is 11.5 Å². The molecule has 1 fully saturated rings. The Bertz CT molecular complexity index is 665. The van der Waals surface area contributed by atoms with Crippen LogP contribution in [0, 0.1) is 17.8 Å². The van der Waals surface area contributed by atoms with Crippen LogP contribution >= 0.6 is 0 Å². The molecule has 1 aromatic rings. The fourth-order valence-corrected chi connectivity index (χ4v) is 5.60. The van der Waals surface area contributed by atoms with E-state index in [0.717, 1.165) is 12.8 Å². The lowest BCUT2D eigenvalue weighted by Crippen LogP contribution is -2.59. The van der Waals surface area contributed by atoms with Crippen LogP contribution < -0.4 is 4.74 Å². The van der Waals surface area contributed by atoms with Gasteiger partial charge in [0.25, 0.3) is 0 Å². The summed E-state index contributed by atoms with van der Waals surface area (Å²) in [5.74, 6) is 2.62. The quantitative estimate of drug-likeness (QED) is 0.720. The maximum absolute atomic E-state index is 10.5. The van der Waals surface area contributed by atoms with Crippen LogP contribution in [0.3, 0.4) is 0 Å². The SMILES string of the molecule is CC1CC[C@]23c4c5ccc(O)c4O[C@H]2[C@@H](O)C=C[C@H]3[C@H]1C5. The molecule has 1 saturated carbocycles. The first-order valence-electron chi connectivity index (χ1n) is 8.01. The number of aromatic hydroxyl groups is 1. The highest BCUT2D eigenvalue weighted by Crippen LogP contribution is 2.65. The third-order valence-electron chi connectivity index (χ3n) is 6.52. The molecule has 5 rings (SSSR count). The summed E-state index contributed by atoms with van der Waals surface area (Å²) < 4.78 is 6.11. The van der Waals surface area contributed by atoms with Crippen molar-refractivity contribution < 1.29 is 14.9 Å². The topological polar surface area (TPSA) is 49.7 Å². The van der Waals surface area contributed by atoms with Gasteiger partial charge in [0, 0.05) is 11.0 Å². The summed E-state index contributed by atoms with van der Waals surface area (Å²) in [6, 6.07) is 3.82. The lowest BCUT2D eigenvalue weighted by Gasteiger charge is -2.55. The normalized spacial score (nSPS) is 45.1. The Kier molecular flexibility index (Phi) is 2.10. The third-order valence-corrected chi connectivity index (χ3v) is 6.52. The van der Waals surface area contributed by atoms with Crippen LogP contribution in [-0.4, -0.2) is 22.4 Å². The van der Waals surface area contributed by atoms with Crippen molar-refractivity contribution in [2.45, 2.75) is 43.8 Å². The predicted molar refractivity (Wildman–Crippen MR) is 78.4 cm³/mol. The van der Waals surface area contributed by atoms with E-state index in [1.807, 2.05) is 6.08 Å². The van der Waals surface area contributed by atoms with Gasteiger partial charge in [0.1, 0.15) is 12.2 Å². The Morgan fingerprint density at radius 2 is 2.14 bits per heavy atom. The van der Waals surface area contributed by atoms with Gasteiger partial charge in [-0.1, -0.05) is 25.1 Å². The van der Waals surface area contributed by atoms with E-state index >= 15 is 0 Å². The number of aliphatic hydroxyl groups excluding tert-OH is 1. The van der Waals surface area contributed by atoms with Gasteiger partial charge in [-0.15, -0.1) is 0 Å². The van der Waals surface area contributed by atoms with E-state index in [0.29, 0.717) is 23.5 Å². The number of benzene rings is 1. The molecule has 3 aliphatic carbocycles. The van der Waals surface area contributed by atoms with E-state index in [1.54, 1.807) is 6.07 Å². The average Bonchev–Trinajstić information content (AvgIpc) is 2.83. The number of aliphatic hydroxyl groups is 1. The molecule has 21 heavy (non-hydrogen) atoms. The molecule has 6 atom stereocenters. The van der Waals surface area contributed by atoms with E-state index < -0.39 is 6.10 Å². The summed E-state index contributed by atoms with van der Waals surface area (Å²) in [5.41, 5.74) is 2.40. The van der Waals surface area contributed by atoms with Crippen LogP contribution in [0.4, 0.5) is 0 Å². The van der Waals surface area contributed by atoms with Gasteiger partial charge in [-0.3, -0.25) is 0 Å². The highest BCUT2D eigenvalue weighted by Gasteiger charge is 2.64. The van der Waals surface area contributed by atoms with E-state index in [-0.39, 0.29) is 17.3 Å². The number of rotatable bonds is 0. The molecule has 1 spiro atoms. The molecule has 2 N–H and O–H groups in total. The number of hydrogen-bond acceptors (Lipinski definition) is 3. The summed E-state index contributed by atoms with van der Waals surface area (Å²) in [6.07, 6.45) is 6.62. The Labute approximate surface area is 124 Å². The molecule has 0 radical (unpaired) electrons. The first kappa shape index (κ1) is 12.1. The molecule has 3 heteroatoms. The Balaban J connectivity index is 1.84. The highest BCUT2D eigenvalue weighted by atomic mass is 16.5. The van der Waals surface area contributed by atoms with E-state index in [4.69, 9.17) is 4.74 Å². The summed E-state index contributed by atoms with van der Waals surface area (Å²) in [5, 5.41) is 20.7. The zero-order chi connectivity index (χ0) is 14.4. The molecule has 4 aliphatic rings. The largest absolute Gasteiger partial charge is 0.504 e. The van der Waals surface area contributed by atoms with Crippen molar-refractivity contribution in [2.24, 2.45) is 17.8 Å². The summed E-state index contributed by atoms with van der Waals surface area (Å²) >= 11 is 0. The molecule has 1 heterocycles. The Morgan fingerprint density at radius 3 is 3.00 bits per heavy atom. The van der Waals surface area contributed by atoms with Gasteiger partial charge < -0.3 is 14.9 Å². The van der Waals surface area contributed by atoms with E-state index in [9.17, 15) is 10.2 Å². The smallest absolute Gasteiger partial charge is 0.165 e. The number of ether oxygens (including phenoxy) is 1. The fraction of sp³-hybridized carbons (Fsp3) is 0.556. The molecule has 3 nitrogen and oxygen atoms in total. The van der Waals surface area contributed by atoms with Gasteiger partial charge in [-0.25, -0.2) is 0 Å². The van der Waals surface area contributed by atoms with Gasteiger partial charge in [0.15, 0.2) is 11.5 Å². The van der Waals surface area contributed by atoms with E-state index in [2.05, 4.69) is 19.1 Å². The minimum Gasteiger partial charge on any atom is -0.504 e. The summed E-state index contributed by atoms with van der Waals surface area (Å²) in [4.78, 5) is 0. The minimum absolute atomic E-state index is 0.118. The minimum atomic E-state index is -0.576. The second kappa shape index (κ2) is 3.64.